The van der Waals surface area contributed by atoms with Gasteiger partial charge in [0, 0.05) is 0 Å². The molecule has 0 spiro atoms. The Morgan fingerprint density at radius 1 is 0.0703 bits per heavy atom. The third-order valence-corrected chi connectivity index (χ3v) is 25.5. The minimum atomic E-state index is 1.20. The van der Waals surface area contributed by atoms with Gasteiger partial charge in [0.25, 0.3) is 0 Å². The van der Waals surface area contributed by atoms with E-state index < -0.39 is 0 Å². The van der Waals surface area contributed by atoms with E-state index >= 15 is 0 Å². The van der Waals surface area contributed by atoms with Gasteiger partial charge in [-0.25, -0.2) is 0 Å². The van der Waals surface area contributed by atoms with E-state index in [0.717, 1.165) is 0 Å². The summed E-state index contributed by atoms with van der Waals surface area (Å²) in [6.45, 7) is 0. The number of rotatable bonds is 13. The van der Waals surface area contributed by atoms with Crippen molar-refractivity contribution in [1.29, 1.82) is 0 Å². The predicted octanol–water partition coefficient (Wildman–Crippen LogP) is 36.0. The Labute approximate surface area is 747 Å². The molecule has 0 aliphatic rings. The van der Waals surface area contributed by atoms with Gasteiger partial charge >= 0.3 is 0 Å². The lowest BCUT2D eigenvalue weighted by molar-refractivity contribution is 1.58. The topological polar surface area (TPSA) is 0 Å². The summed E-state index contributed by atoms with van der Waals surface area (Å²) < 4.78 is 0. The standard InChI is InChI=1S/C50H34.C42H28.C36H24/c1-6-16-35(17-7-1)40-27-29-46-47(33-40)49(39-24-14-5-15-25-39)45-28-26-41(36-18-8-2-9-19-36)34-48(45)50(46)44-31-42(37-20-10-3-11-21-37)30-43(32-44)38-22-12-4-13-23-38;1-4-12-29(13-5-1)35-22-24-37-39(27-35)41(31-15-6-2-7-16-31)38-25-23-36(28-40(38)42(37)32-17-8-3-9-18-32)34-21-20-30-14-10-11-19-33(30)26-34;1-3-12-26(13-4-1)35-31-17-9-10-18-32(31)36(27-14-5-2-6-15-27)34-24-30(21-22-33(34)35)29-20-19-25-11-7-8-16-28(25)23-29/h1-34H;1-28H;1-24H. The molecule has 0 N–H and O–H groups in total. The molecule has 0 unspecified atom stereocenters. The Hall–Kier alpha value is -16.6. The van der Waals surface area contributed by atoms with Gasteiger partial charge in [0.15, 0.2) is 0 Å². The maximum absolute atomic E-state index is 2.41. The summed E-state index contributed by atoms with van der Waals surface area (Å²) in [5.41, 5.74) is 32.1. The van der Waals surface area contributed by atoms with Gasteiger partial charge in [-0.3, -0.25) is 0 Å². The molecule has 0 aliphatic carbocycles. The summed E-state index contributed by atoms with van der Waals surface area (Å²) in [7, 11) is 0. The van der Waals surface area contributed by atoms with Gasteiger partial charge in [-0.2, -0.15) is 0 Å². The van der Waals surface area contributed by atoms with Crippen molar-refractivity contribution in [2.75, 3.05) is 0 Å². The summed E-state index contributed by atoms with van der Waals surface area (Å²) in [6.07, 6.45) is 0. The van der Waals surface area contributed by atoms with Crippen molar-refractivity contribution in [3.63, 3.8) is 0 Å². The highest BCUT2D eigenvalue weighted by molar-refractivity contribution is 6.26. The Morgan fingerprint density at radius 2 is 0.234 bits per heavy atom. The van der Waals surface area contributed by atoms with Crippen molar-refractivity contribution in [3.05, 3.63) is 522 Å². The number of hydrogen-bond donors (Lipinski definition) is 0. The quantitative estimate of drug-likeness (QED) is 0.101. The molecule has 0 heterocycles. The van der Waals surface area contributed by atoms with Crippen LogP contribution in [0.3, 0.4) is 0 Å². The van der Waals surface area contributed by atoms with Crippen LogP contribution in [-0.2, 0) is 0 Å². The highest BCUT2D eigenvalue weighted by Crippen LogP contribution is 2.51. The molecule has 0 aliphatic heterocycles. The molecule has 24 aromatic carbocycles. The van der Waals surface area contributed by atoms with Gasteiger partial charge in [0.2, 0.25) is 0 Å². The van der Waals surface area contributed by atoms with Gasteiger partial charge in [-0.15, -0.1) is 0 Å². The zero-order chi connectivity index (χ0) is 85.1. The van der Waals surface area contributed by atoms with Crippen LogP contribution in [0.25, 0.3) is 231 Å². The summed E-state index contributed by atoms with van der Waals surface area (Å²) in [6, 6.07) is 190. The first-order chi connectivity index (χ1) is 63.5. The molecule has 0 saturated heterocycles. The van der Waals surface area contributed by atoms with Crippen molar-refractivity contribution in [3.8, 4) is 145 Å². The molecular weight excluding hydrogens is 1540 g/mol. The van der Waals surface area contributed by atoms with Crippen molar-refractivity contribution in [1.82, 2.24) is 0 Å². The number of fused-ring (bicyclic) bond motifs is 8. The highest BCUT2D eigenvalue weighted by atomic mass is 14.3. The Morgan fingerprint density at radius 3 is 0.492 bits per heavy atom. The molecule has 0 saturated carbocycles. The van der Waals surface area contributed by atoms with E-state index in [1.54, 1.807) is 0 Å². The van der Waals surface area contributed by atoms with Crippen LogP contribution in [0.2, 0.25) is 0 Å². The highest BCUT2D eigenvalue weighted by Gasteiger charge is 2.24. The molecule has 0 bridgehead atoms. The van der Waals surface area contributed by atoms with E-state index in [1.165, 1.54) is 231 Å². The smallest absolute Gasteiger partial charge is 0.00257 e. The first kappa shape index (κ1) is 77.4. The minimum Gasteiger partial charge on any atom is -0.0622 e. The zero-order valence-corrected chi connectivity index (χ0v) is 70.7. The normalized spacial score (nSPS) is 11.3. The van der Waals surface area contributed by atoms with Crippen LogP contribution in [0.4, 0.5) is 0 Å². The fraction of sp³-hybridized carbons (Fsp3) is 0. The van der Waals surface area contributed by atoms with Gasteiger partial charge in [-0.05, 0) is 291 Å². The fourth-order valence-corrected chi connectivity index (χ4v) is 19.4. The lowest BCUT2D eigenvalue weighted by Crippen LogP contribution is -1.94. The molecule has 24 rings (SSSR count). The maximum Gasteiger partial charge on any atom is -0.00257 e. The molecule has 24 aromatic rings. The molecule has 0 heteroatoms. The average Bonchev–Trinajstić information content (AvgIpc) is 0.796. The molecule has 128 heavy (non-hydrogen) atoms. The average molecular weight is 1620 g/mol. The summed E-state index contributed by atoms with van der Waals surface area (Å²) in [5, 5.41) is 20.2. The monoisotopic (exact) mass is 1620 g/mol. The second-order valence-corrected chi connectivity index (χ2v) is 33.2. The molecule has 598 valence electrons. The van der Waals surface area contributed by atoms with Gasteiger partial charge < -0.3 is 0 Å². The molecule has 0 fully saturated rings. The van der Waals surface area contributed by atoms with Gasteiger partial charge in [-0.1, -0.05) is 461 Å². The zero-order valence-electron chi connectivity index (χ0n) is 70.7. The van der Waals surface area contributed by atoms with Crippen LogP contribution < -0.4 is 0 Å². The molecular formula is C128H86. The molecule has 0 aromatic heterocycles. The van der Waals surface area contributed by atoms with Crippen molar-refractivity contribution in [2.45, 2.75) is 0 Å². The number of benzene rings is 24. The van der Waals surface area contributed by atoms with E-state index in [4.69, 9.17) is 0 Å². The summed E-state index contributed by atoms with van der Waals surface area (Å²) >= 11 is 0. The van der Waals surface area contributed by atoms with Crippen molar-refractivity contribution in [2.24, 2.45) is 0 Å². The molecule has 0 nitrogen and oxygen atoms in total. The Kier molecular flexibility index (Phi) is 20.9. The number of hydrogen-bond acceptors (Lipinski definition) is 0. The lowest BCUT2D eigenvalue weighted by Gasteiger charge is -2.21. The van der Waals surface area contributed by atoms with Crippen LogP contribution in [0.5, 0.6) is 0 Å². The van der Waals surface area contributed by atoms with E-state index in [9.17, 15) is 0 Å². The maximum atomic E-state index is 2.41. The SMILES string of the molecule is c1ccc(-c2c3ccccc3c(-c3ccccc3)c3cc(-c4ccc5ccccc5c4)ccc23)cc1.c1ccc(-c2cc(-c3ccccc3)cc(-c3c4ccc(-c5ccccc5)cc4c(-c4ccccc4)c4ccc(-c5ccccc5)cc34)c2)cc1.c1ccc(-c2ccc3c(-c4ccccc4)c4cc(-c5ccc6ccccc6c5)ccc4c(-c4ccccc4)c3c2)cc1. The van der Waals surface area contributed by atoms with E-state index in [-0.39, 0.29) is 0 Å². The van der Waals surface area contributed by atoms with E-state index in [2.05, 4.69) is 522 Å². The van der Waals surface area contributed by atoms with Crippen LogP contribution in [0.15, 0.2) is 522 Å². The Balaban J connectivity index is 0.000000115. The van der Waals surface area contributed by atoms with Crippen molar-refractivity contribution < 1.29 is 0 Å². The van der Waals surface area contributed by atoms with Crippen LogP contribution in [0.1, 0.15) is 0 Å². The third kappa shape index (κ3) is 15.1. The van der Waals surface area contributed by atoms with Crippen molar-refractivity contribution >= 4 is 86.2 Å². The first-order valence-electron chi connectivity index (χ1n) is 44.2. The molecule has 0 amide bonds. The van der Waals surface area contributed by atoms with E-state index in [1.807, 2.05) is 0 Å². The van der Waals surface area contributed by atoms with E-state index in [0.29, 0.717) is 0 Å². The largest absolute Gasteiger partial charge is 0.0622 e. The first-order valence-corrected chi connectivity index (χ1v) is 44.2. The van der Waals surface area contributed by atoms with Gasteiger partial charge in [0.05, 0.1) is 0 Å². The molecule has 0 atom stereocenters. The summed E-state index contributed by atoms with van der Waals surface area (Å²) in [4.78, 5) is 0. The second kappa shape index (κ2) is 34.6. The second-order valence-electron chi connectivity index (χ2n) is 33.2. The fourth-order valence-electron chi connectivity index (χ4n) is 19.4. The van der Waals surface area contributed by atoms with Crippen LogP contribution in [0, 0.1) is 0 Å². The third-order valence-electron chi connectivity index (χ3n) is 25.5. The summed E-state index contributed by atoms with van der Waals surface area (Å²) in [5.74, 6) is 0. The minimum absolute atomic E-state index is 1.20. The molecule has 0 radical (unpaired) electrons. The van der Waals surface area contributed by atoms with Crippen LogP contribution in [-0.4, -0.2) is 0 Å². The van der Waals surface area contributed by atoms with Crippen LogP contribution >= 0.6 is 0 Å². The van der Waals surface area contributed by atoms with Gasteiger partial charge in [0.1, 0.15) is 0 Å². The lowest BCUT2D eigenvalue weighted by atomic mass is 9.82. The predicted molar refractivity (Wildman–Crippen MR) is 550 cm³/mol. The Bertz CT molecular complexity index is 8140.